The highest BCUT2D eigenvalue weighted by Crippen LogP contribution is 2.56. The Balaban J connectivity index is 2.07. The van der Waals surface area contributed by atoms with Gasteiger partial charge in [0.2, 0.25) is 0 Å². The van der Waals surface area contributed by atoms with Crippen molar-refractivity contribution >= 4 is 11.6 Å². The summed E-state index contributed by atoms with van der Waals surface area (Å²) in [5, 5.41) is 17.2. The number of aromatic amines is 1. The molecule has 0 aliphatic carbocycles. The summed E-state index contributed by atoms with van der Waals surface area (Å²) in [5.41, 5.74) is 8.31. The molecule has 5 heteroatoms. The Hall–Kier alpha value is -3.26. The molecule has 0 saturated heterocycles. The van der Waals surface area contributed by atoms with Crippen molar-refractivity contribution in [2.45, 2.75) is 11.5 Å². The van der Waals surface area contributed by atoms with Gasteiger partial charge in [0.25, 0.3) is 0 Å². The van der Waals surface area contributed by atoms with Crippen LogP contribution >= 0.6 is 0 Å². The van der Waals surface area contributed by atoms with Gasteiger partial charge in [0.1, 0.15) is 17.3 Å². The maximum Gasteiger partial charge on any atom is 0.158 e. The van der Waals surface area contributed by atoms with E-state index in [1.807, 2.05) is 43.4 Å². The van der Waals surface area contributed by atoms with Crippen LogP contribution in [0.4, 0.5) is 11.6 Å². The number of benzene rings is 2. The lowest BCUT2D eigenvalue weighted by atomic mass is 9.73. The van der Waals surface area contributed by atoms with Gasteiger partial charge in [-0.15, -0.1) is 0 Å². The van der Waals surface area contributed by atoms with Crippen molar-refractivity contribution in [2.75, 3.05) is 17.7 Å². The molecule has 0 bridgehead atoms. The highest BCUT2D eigenvalue weighted by Gasteiger charge is 2.55. The first-order valence-electron chi connectivity index (χ1n) is 7.79. The van der Waals surface area contributed by atoms with E-state index in [9.17, 15) is 5.26 Å². The van der Waals surface area contributed by atoms with Crippen molar-refractivity contribution < 1.29 is 0 Å². The first kappa shape index (κ1) is 14.3. The number of hydrogen-bond acceptors (Lipinski definition) is 4. The summed E-state index contributed by atoms with van der Waals surface area (Å²) in [6.07, 6.45) is 0. The number of nitrogens with zero attached hydrogens (tertiary/aromatic N) is 3. The van der Waals surface area contributed by atoms with Gasteiger partial charge in [-0.1, -0.05) is 60.7 Å². The van der Waals surface area contributed by atoms with Crippen LogP contribution in [0.3, 0.4) is 0 Å². The zero-order valence-corrected chi connectivity index (χ0v) is 13.3. The van der Waals surface area contributed by atoms with E-state index < -0.39 is 11.5 Å². The van der Waals surface area contributed by atoms with Gasteiger partial charge in [-0.25, -0.2) is 0 Å². The predicted octanol–water partition coefficient (Wildman–Crippen LogP) is 2.99. The fourth-order valence-electron chi connectivity index (χ4n) is 3.89. The molecule has 1 aromatic heterocycles. The molecule has 0 saturated carbocycles. The van der Waals surface area contributed by atoms with Gasteiger partial charge in [-0.05, 0) is 11.1 Å². The second-order valence-corrected chi connectivity index (χ2v) is 5.99. The van der Waals surface area contributed by atoms with Gasteiger partial charge in [0.15, 0.2) is 5.82 Å². The number of fused-ring (bicyclic) bond motifs is 1. The summed E-state index contributed by atoms with van der Waals surface area (Å²) in [6.45, 7) is 0. The lowest BCUT2D eigenvalue weighted by Gasteiger charge is -2.40. The number of anilines is 2. The third-order valence-corrected chi connectivity index (χ3v) is 4.92. The summed E-state index contributed by atoms with van der Waals surface area (Å²) in [7, 11) is 1.97. The lowest BCUT2D eigenvalue weighted by molar-refractivity contribution is 0.490. The number of nitrogen functional groups attached to an aromatic ring is 1. The Morgan fingerprint density at radius 2 is 1.62 bits per heavy atom. The average molecular weight is 315 g/mol. The van der Waals surface area contributed by atoms with E-state index in [1.54, 1.807) is 0 Å². The first-order valence-corrected chi connectivity index (χ1v) is 7.79. The van der Waals surface area contributed by atoms with Gasteiger partial charge in [-0.2, -0.15) is 10.4 Å². The minimum Gasteiger partial charge on any atom is -0.384 e. The van der Waals surface area contributed by atoms with E-state index >= 15 is 0 Å². The number of aromatic nitrogens is 2. The predicted molar refractivity (Wildman–Crippen MR) is 93.4 cm³/mol. The van der Waals surface area contributed by atoms with Crippen LogP contribution in [0.15, 0.2) is 60.7 Å². The zero-order chi connectivity index (χ0) is 16.7. The van der Waals surface area contributed by atoms with Crippen LogP contribution in [-0.2, 0) is 5.54 Å². The summed E-state index contributed by atoms with van der Waals surface area (Å²) in [5.74, 6) is 0.727. The summed E-state index contributed by atoms with van der Waals surface area (Å²) in [6, 6.07) is 22.6. The van der Waals surface area contributed by atoms with Crippen molar-refractivity contribution in [3.05, 3.63) is 77.4 Å². The van der Waals surface area contributed by atoms with Crippen LogP contribution < -0.4 is 10.6 Å². The SMILES string of the molecule is CN1c2n[nH]c(N)c2C(C#N)C1(c1ccccc1)c1ccccc1. The van der Waals surface area contributed by atoms with Crippen molar-refractivity contribution in [1.82, 2.24) is 10.2 Å². The van der Waals surface area contributed by atoms with Crippen LogP contribution in [0, 0.1) is 11.3 Å². The molecule has 3 aromatic rings. The number of nitrogens with two attached hydrogens (primary N) is 1. The van der Waals surface area contributed by atoms with Crippen molar-refractivity contribution in [2.24, 2.45) is 0 Å². The van der Waals surface area contributed by atoms with E-state index in [0.717, 1.165) is 22.5 Å². The fourth-order valence-corrected chi connectivity index (χ4v) is 3.89. The van der Waals surface area contributed by atoms with Gasteiger partial charge < -0.3 is 10.6 Å². The third-order valence-electron chi connectivity index (χ3n) is 4.92. The maximum absolute atomic E-state index is 10.1. The number of hydrogen-bond donors (Lipinski definition) is 2. The average Bonchev–Trinajstić information content (AvgIpc) is 3.13. The monoisotopic (exact) mass is 315 g/mol. The lowest BCUT2D eigenvalue weighted by Crippen LogP contribution is -2.45. The standard InChI is InChI=1S/C19H17N5/c1-24-18-16(17(21)22-23-18)15(12-20)19(24,13-8-4-2-5-9-13)14-10-6-3-7-11-14/h2-11,15H,1H3,(H3,21,22,23). The topological polar surface area (TPSA) is 81.7 Å². The largest absolute Gasteiger partial charge is 0.384 e. The fraction of sp³-hybridized carbons (Fsp3) is 0.158. The molecule has 1 aliphatic rings. The Bertz CT molecular complexity index is 868. The number of nitriles is 1. The third kappa shape index (κ3) is 1.65. The molecule has 24 heavy (non-hydrogen) atoms. The van der Waals surface area contributed by atoms with Crippen molar-refractivity contribution in [1.29, 1.82) is 5.26 Å². The summed E-state index contributed by atoms with van der Waals surface area (Å²) >= 11 is 0. The summed E-state index contributed by atoms with van der Waals surface area (Å²) in [4.78, 5) is 2.06. The van der Waals surface area contributed by atoms with Crippen LogP contribution in [0.5, 0.6) is 0 Å². The van der Waals surface area contributed by atoms with Crippen molar-refractivity contribution in [3.8, 4) is 6.07 Å². The molecule has 118 valence electrons. The minimum absolute atomic E-state index is 0.456. The Morgan fingerprint density at radius 3 is 2.12 bits per heavy atom. The number of likely N-dealkylation sites (N-methyl/N-ethyl adjacent to an activating group) is 1. The highest BCUT2D eigenvalue weighted by molar-refractivity contribution is 5.73. The van der Waals surface area contributed by atoms with E-state index in [0.29, 0.717) is 5.82 Å². The maximum atomic E-state index is 10.1. The van der Waals surface area contributed by atoms with Crippen molar-refractivity contribution in [3.63, 3.8) is 0 Å². The Labute approximate surface area is 140 Å². The normalized spacial score (nSPS) is 18.2. The van der Waals surface area contributed by atoms with E-state index in [2.05, 4.69) is 45.4 Å². The summed E-state index contributed by atoms with van der Waals surface area (Å²) < 4.78 is 0. The van der Waals surface area contributed by atoms with E-state index in [1.165, 1.54) is 0 Å². The molecule has 2 aromatic carbocycles. The quantitative estimate of drug-likeness (QED) is 0.761. The second kappa shape index (κ2) is 5.14. The van der Waals surface area contributed by atoms with Gasteiger partial charge in [-0.3, -0.25) is 5.10 Å². The molecule has 5 nitrogen and oxygen atoms in total. The molecule has 0 fully saturated rings. The molecule has 1 aliphatic heterocycles. The molecule has 1 unspecified atom stereocenters. The van der Waals surface area contributed by atoms with Crippen LogP contribution in [0.2, 0.25) is 0 Å². The molecule has 0 amide bonds. The molecular weight excluding hydrogens is 298 g/mol. The van der Waals surface area contributed by atoms with Gasteiger partial charge in [0.05, 0.1) is 11.6 Å². The molecule has 2 heterocycles. The molecule has 1 atom stereocenters. The molecule has 0 spiro atoms. The van der Waals surface area contributed by atoms with Crippen LogP contribution in [-0.4, -0.2) is 17.2 Å². The number of nitrogens with one attached hydrogen (secondary N) is 1. The van der Waals surface area contributed by atoms with Gasteiger partial charge >= 0.3 is 0 Å². The number of H-pyrrole nitrogens is 1. The molecular formula is C19H17N5. The Kier molecular flexibility index (Phi) is 3.07. The van der Waals surface area contributed by atoms with Crippen LogP contribution in [0.25, 0.3) is 0 Å². The van der Waals surface area contributed by atoms with E-state index in [-0.39, 0.29) is 0 Å². The van der Waals surface area contributed by atoms with E-state index in [4.69, 9.17) is 5.73 Å². The minimum atomic E-state index is -0.655. The molecule has 3 N–H and O–H groups in total. The zero-order valence-electron chi connectivity index (χ0n) is 13.3. The van der Waals surface area contributed by atoms with Gasteiger partial charge in [0, 0.05) is 7.05 Å². The first-order chi connectivity index (χ1) is 11.7. The Morgan fingerprint density at radius 1 is 1.08 bits per heavy atom. The van der Waals surface area contributed by atoms with Crippen LogP contribution in [0.1, 0.15) is 22.6 Å². The smallest absolute Gasteiger partial charge is 0.158 e. The molecule has 4 rings (SSSR count). The highest BCUT2D eigenvalue weighted by atomic mass is 15.3. The second-order valence-electron chi connectivity index (χ2n) is 5.99. The molecule has 0 radical (unpaired) electrons. The number of rotatable bonds is 2.